The molecule has 0 saturated carbocycles. The molecular weight excluding hydrogens is 320 g/mol. The number of piperidine rings is 1. The van der Waals surface area contributed by atoms with E-state index in [1.807, 2.05) is 24.9 Å². The summed E-state index contributed by atoms with van der Waals surface area (Å²) in [6.07, 6.45) is 4.07. The number of carbonyl (C=O) groups is 2. The minimum Gasteiger partial charge on any atom is -0.375 e. The molecule has 2 amide bonds. The molecule has 7 heteroatoms. The van der Waals surface area contributed by atoms with E-state index in [1.165, 1.54) is 0 Å². The number of nitrogens with one attached hydrogen (secondary N) is 1. The van der Waals surface area contributed by atoms with E-state index in [9.17, 15) is 9.59 Å². The van der Waals surface area contributed by atoms with Crippen LogP contribution in [0, 0.1) is 12.8 Å². The quantitative estimate of drug-likeness (QED) is 0.892. The second-order valence-electron chi connectivity index (χ2n) is 7.35. The summed E-state index contributed by atoms with van der Waals surface area (Å²) in [4.78, 5) is 26.2. The van der Waals surface area contributed by atoms with E-state index in [0.29, 0.717) is 37.7 Å². The van der Waals surface area contributed by atoms with E-state index in [2.05, 4.69) is 10.4 Å². The van der Waals surface area contributed by atoms with Crippen LogP contribution >= 0.6 is 0 Å². The molecule has 138 valence electrons. The molecule has 1 aromatic rings. The second-order valence-corrected chi connectivity index (χ2v) is 7.35. The molecule has 0 aromatic carbocycles. The van der Waals surface area contributed by atoms with E-state index in [0.717, 1.165) is 31.4 Å². The van der Waals surface area contributed by atoms with Crippen LogP contribution in [0.3, 0.4) is 0 Å². The van der Waals surface area contributed by atoms with Gasteiger partial charge in [0.25, 0.3) is 5.91 Å². The number of ether oxygens (including phenoxy) is 1. The highest BCUT2D eigenvalue weighted by molar-refractivity contribution is 5.92. The fourth-order valence-electron chi connectivity index (χ4n) is 3.96. The molecule has 0 bridgehead atoms. The van der Waals surface area contributed by atoms with Crippen molar-refractivity contribution in [2.75, 3.05) is 26.7 Å². The maximum absolute atomic E-state index is 12.6. The Balaban J connectivity index is 1.59. The molecule has 1 atom stereocenters. The zero-order valence-corrected chi connectivity index (χ0v) is 15.4. The van der Waals surface area contributed by atoms with Crippen molar-refractivity contribution in [1.82, 2.24) is 20.0 Å². The van der Waals surface area contributed by atoms with E-state index in [-0.39, 0.29) is 17.4 Å². The van der Waals surface area contributed by atoms with Crippen molar-refractivity contribution in [2.45, 2.75) is 44.6 Å². The molecule has 2 saturated heterocycles. The first-order valence-electron chi connectivity index (χ1n) is 9.07. The van der Waals surface area contributed by atoms with Gasteiger partial charge in [0, 0.05) is 45.9 Å². The molecule has 7 nitrogen and oxygen atoms in total. The fraction of sp³-hybridized carbons (Fsp3) is 0.722. The van der Waals surface area contributed by atoms with Crippen LogP contribution in [-0.2, 0) is 16.6 Å². The number of hydrogen-bond donors (Lipinski definition) is 1. The van der Waals surface area contributed by atoms with E-state index >= 15 is 0 Å². The fourth-order valence-corrected chi connectivity index (χ4v) is 3.96. The Morgan fingerprint density at radius 2 is 2.12 bits per heavy atom. The lowest BCUT2D eigenvalue weighted by molar-refractivity contribution is -0.133. The largest absolute Gasteiger partial charge is 0.375 e. The summed E-state index contributed by atoms with van der Waals surface area (Å²) in [5.74, 6) is 0.464. The number of carbonyl (C=O) groups excluding carboxylic acids is 2. The third-order valence-corrected chi connectivity index (χ3v) is 5.64. The molecule has 1 N–H and O–H groups in total. The van der Waals surface area contributed by atoms with Gasteiger partial charge in [0.15, 0.2) is 5.69 Å². The Hall–Kier alpha value is -1.89. The van der Waals surface area contributed by atoms with Crippen molar-refractivity contribution >= 4 is 11.8 Å². The van der Waals surface area contributed by atoms with E-state index in [4.69, 9.17) is 4.74 Å². The molecular formula is C18H28N4O3. The van der Waals surface area contributed by atoms with Crippen molar-refractivity contribution in [1.29, 1.82) is 0 Å². The lowest BCUT2D eigenvalue weighted by atomic mass is 9.78. The molecule has 0 radical (unpaired) electrons. The minimum absolute atomic E-state index is 0.00345. The topological polar surface area (TPSA) is 76.5 Å². The zero-order chi connectivity index (χ0) is 18.0. The smallest absolute Gasteiger partial charge is 0.274 e. The number of likely N-dealkylation sites (tertiary alicyclic amines) is 1. The van der Waals surface area contributed by atoms with Gasteiger partial charge < -0.3 is 15.0 Å². The molecule has 2 aliphatic heterocycles. The lowest BCUT2D eigenvalue weighted by Crippen LogP contribution is -2.51. The number of aromatic nitrogens is 2. The van der Waals surface area contributed by atoms with Gasteiger partial charge in [0.05, 0.1) is 5.60 Å². The van der Waals surface area contributed by atoms with Crippen molar-refractivity contribution in [2.24, 2.45) is 13.0 Å². The third kappa shape index (κ3) is 3.86. The summed E-state index contributed by atoms with van der Waals surface area (Å²) < 4.78 is 7.85. The van der Waals surface area contributed by atoms with Gasteiger partial charge in [-0.15, -0.1) is 0 Å². The maximum atomic E-state index is 12.6. The first-order chi connectivity index (χ1) is 11.9. The molecule has 25 heavy (non-hydrogen) atoms. The third-order valence-electron chi connectivity index (χ3n) is 5.64. The Kier molecular flexibility index (Phi) is 5.13. The average Bonchev–Trinajstić information content (AvgIpc) is 2.94. The summed E-state index contributed by atoms with van der Waals surface area (Å²) in [6.45, 7) is 4.01. The monoisotopic (exact) mass is 348 g/mol. The average molecular weight is 348 g/mol. The molecule has 1 aromatic heterocycles. The maximum Gasteiger partial charge on any atom is 0.274 e. The van der Waals surface area contributed by atoms with Gasteiger partial charge in [-0.3, -0.25) is 14.3 Å². The van der Waals surface area contributed by atoms with Crippen molar-refractivity contribution < 1.29 is 14.3 Å². The molecule has 3 heterocycles. The van der Waals surface area contributed by atoms with Crippen molar-refractivity contribution in [3.8, 4) is 0 Å². The zero-order valence-electron chi connectivity index (χ0n) is 15.4. The Morgan fingerprint density at radius 3 is 2.72 bits per heavy atom. The normalized spacial score (nSPS) is 22.8. The predicted octanol–water partition coefficient (Wildman–Crippen LogP) is 1.27. The molecule has 1 unspecified atom stereocenters. The van der Waals surface area contributed by atoms with Gasteiger partial charge in [-0.25, -0.2) is 0 Å². The molecule has 1 spiro atoms. The van der Waals surface area contributed by atoms with Gasteiger partial charge in [-0.05, 0) is 44.6 Å². The SMILES string of the molecule is CNC(=O)CC1CCOC2(CCN(C(=O)c3cc(C)n(C)n3)CC2)C1. The first-order valence-corrected chi connectivity index (χ1v) is 9.07. The highest BCUT2D eigenvalue weighted by Crippen LogP contribution is 2.39. The number of amides is 2. The van der Waals surface area contributed by atoms with E-state index < -0.39 is 0 Å². The molecule has 3 rings (SSSR count). The van der Waals surface area contributed by atoms with Gasteiger partial charge >= 0.3 is 0 Å². The highest BCUT2D eigenvalue weighted by atomic mass is 16.5. The van der Waals surface area contributed by atoms with Crippen molar-refractivity contribution in [3.05, 3.63) is 17.5 Å². The Labute approximate surface area is 148 Å². The number of nitrogens with zero attached hydrogens (tertiary/aromatic N) is 3. The number of rotatable bonds is 3. The summed E-state index contributed by atoms with van der Waals surface area (Å²) in [6, 6.07) is 1.84. The summed E-state index contributed by atoms with van der Waals surface area (Å²) >= 11 is 0. The van der Waals surface area contributed by atoms with Crippen LogP contribution in [0.2, 0.25) is 0 Å². The second kappa shape index (κ2) is 7.15. The number of hydrogen-bond acceptors (Lipinski definition) is 4. The van der Waals surface area contributed by atoms with Crippen LogP contribution in [0.4, 0.5) is 0 Å². The lowest BCUT2D eigenvalue weighted by Gasteiger charge is -2.46. The van der Waals surface area contributed by atoms with Gasteiger partial charge in [0.2, 0.25) is 5.91 Å². The van der Waals surface area contributed by atoms with Gasteiger partial charge in [0.1, 0.15) is 0 Å². The minimum atomic E-state index is -0.173. The van der Waals surface area contributed by atoms with Crippen LogP contribution in [-0.4, -0.2) is 58.8 Å². The van der Waals surface area contributed by atoms with Crippen LogP contribution in [0.15, 0.2) is 6.07 Å². The van der Waals surface area contributed by atoms with E-state index in [1.54, 1.807) is 11.7 Å². The summed E-state index contributed by atoms with van der Waals surface area (Å²) in [7, 11) is 3.53. The van der Waals surface area contributed by atoms with Crippen LogP contribution < -0.4 is 5.32 Å². The number of aryl methyl sites for hydroxylation is 2. The Bertz CT molecular complexity index is 627. The summed E-state index contributed by atoms with van der Waals surface area (Å²) in [5, 5.41) is 7.00. The van der Waals surface area contributed by atoms with Gasteiger partial charge in [-0.1, -0.05) is 0 Å². The Morgan fingerprint density at radius 1 is 1.40 bits per heavy atom. The highest BCUT2D eigenvalue weighted by Gasteiger charge is 2.41. The molecule has 2 fully saturated rings. The van der Waals surface area contributed by atoms with Crippen LogP contribution in [0.1, 0.15) is 48.3 Å². The first kappa shape index (κ1) is 17.9. The molecule has 2 aliphatic rings. The van der Waals surface area contributed by atoms with Crippen LogP contribution in [0.5, 0.6) is 0 Å². The van der Waals surface area contributed by atoms with Crippen LogP contribution in [0.25, 0.3) is 0 Å². The predicted molar refractivity (Wildman–Crippen MR) is 93.2 cm³/mol. The van der Waals surface area contributed by atoms with Crippen molar-refractivity contribution in [3.63, 3.8) is 0 Å². The standard InChI is InChI=1S/C18H28N4O3/c1-13-10-15(20-21(13)3)17(24)22-7-5-18(6-8-22)12-14(4-9-25-18)11-16(23)19-2/h10,14H,4-9,11-12H2,1-3H3,(H,19,23). The molecule has 0 aliphatic carbocycles. The van der Waals surface area contributed by atoms with Gasteiger partial charge in [-0.2, -0.15) is 5.10 Å². The summed E-state index contributed by atoms with van der Waals surface area (Å²) in [5.41, 5.74) is 1.32.